The zero-order chi connectivity index (χ0) is 13.7. The molecule has 0 bridgehead atoms. The largest absolute Gasteiger partial charge is 0.396 e. The third-order valence-electron chi connectivity index (χ3n) is 5.43. The minimum atomic E-state index is 0.219. The highest BCUT2D eigenvalue weighted by molar-refractivity contribution is 4.87. The van der Waals surface area contributed by atoms with Crippen LogP contribution in [-0.4, -0.2) is 60.3 Å². The number of hydrogen-bond donors (Lipinski definition) is 1. The molecule has 112 valence electrons. The molecular formula is C16H32N2O. The van der Waals surface area contributed by atoms with Crippen LogP contribution in [0.2, 0.25) is 0 Å². The lowest BCUT2D eigenvalue weighted by atomic mass is 9.74. The Balaban J connectivity index is 1.81. The number of piperazine rings is 1. The molecule has 0 aromatic heterocycles. The van der Waals surface area contributed by atoms with Crippen LogP contribution < -0.4 is 0 Å². The SMILES string of the molecule is CCC(C)N1CCN(CC2(CO)CCCCC2)CC1. The Morgan fingerprint density at radius 3 is 2.21 bits per heavy atom. The van der Waals surface area contributed by atoms with E-state index in [2.05, 4.69) is 23.6 Å². The average molecular weight is 268 g/mol. The fraction of sp³-hybridized carbons (Fsp3) is 1.00. The maximum absolute atomic E-state index is 9.81. The minimum absolute atomic E-state index is 0.219. The second-order valence-electron chi connectivity index (χ2n) is 6.79. The first-order chi connectivity index (χ1) is 9.19. The standard InChI is InChI=1S/C16H32N2O/c1-3-15(2)18-11-9-17(10-12-18)13-16(14-19)7-5-4-6-8-16/h15,19H,3-14H2,1-2H3. The number of nitrogens with zero attached hydrogens (tertiary/aromatic N) is 2. The average Bonchev–Trinajstić information content (AvgIpc) is 2.48. The van der Waals surface area contributed by atoms with Crippen molar-refractivity contribution in [3.8, 4) is 0 Å². The molecule has 1 atom stereocenters. The number of rotatable bonds is 5. The molecule has 1 aliphatic carbocycles. The van der Waals surface area contributed by atoms with E-state index in [0.717, 1.165) is 12.6 Å². The molecule has 3 nitrogen and oxygen atoms in total. The van der Waals surface area contributed by atoms with Gasteiger partial charge in [-0.1, -0.05) is 26.2 Å². The number of aliphatic hydroxyl groups is 1. The van der Waals surface area contributed by atoms with Gasteiger partial charge in [-0.05, 0) is 26.2 Å². The molecule has 0 aromatic carbocycles. The Kier molecular flexibility index (Phi) is 5.67. The van der Waals surface area contributed by atoms with Gasteiger partial charge in [-0.2, -0.15) is 0 Å². The molecule has 1 unspecified atom stereocenters. The molecule has 1 heterocycles. The molecule has 1 saturated heterocycles. The molecule has 1 saturated carbocycles. The van der Waals surface area contributed by atoms with Gasteiger partial charge < -0.3 is 10.0 Å². The van der Waals surface area contributed by atoms with E-state index in [4.69, 9.17) is 0 Å². The maximum Gasteiger partial charge on any atom is 0.0499 e. The van der Waals surface area contributed by atoms with Crippen molar-refractivity contribution >= 4 is 0 Å². The van der Waals surface area contributed by atoms with Crippen molar-refractivity contribution in [2.75, 3.05) is 39.3 Å². The van der Waals surface area contributed by atoms with Crippen LogP contribution in [0.15, 0.2) is 0 Å². The highest BCUT2D eigenvalue weighted by atomic mass is 16.3. The summed E-state index contributed by atoms with van der Waals surface area (Å²) in [5.41, 5.74) is 0.219. The van der Waals surface area contributed by atoms with Crippen LogP contribution in [0.5, 0.6) is 0 Å². The molecule has 1 N–H and O–H groups in total. The molecule has 19 heavy (non-hydrogen) atoms. The molecule has 2 rings (SSSR count). The van der Waals surface area contributed by atoms with Gasteiger partial charge in [-0.15, -0.1) is 0 Å². The van der Waals surface area contributed by atoms with Gasteiger partial charge in [0, 0.05) is 50.8 Å². The third kappa shape index (κ3) is 3.93. The van der Waals surface area contributed by atoms with Gasteiger partial charge in [-0.25, -0.2) is 0 Å². The molecule has 0 aromatic rings. The van der Waals surface area contributed by atoms with E-state index in [0.29, 0.717) is 6.61 Å². The monoisotopic (exact) mass is 268 g/mol. The maximum atomic E-state index is 9.81. The molecule has 3 heteroatoms. The first kappa shape index (κ1) is 15.3. The van der Waals surface area contributed by atoms with E-state index in [-0.39, 0.29) is 5.41 Å². The Hall–Kier alpha value is -0.120. The van der Waals surface area contributed by atoms with Gasteiger partial charge in [0.2, 0.25) is 0 Å². The van der Waals surface area contributed by atoms with E-state index in [1.54, 1.807) is 0 Å². The Morgan fingerprint density at radius 1 is 1.05 bits per heavy atom. The molecule has 1 aliphatic heterocycles. The highest BCUT2D eigenvalue weighted by Gasteiger charge is 2.34. The predicted octanol–water partition coefficient (Wildman–Crippen LogP) is 2.35. The number of hydrogen-bond acceptors (Lipinski definition) is 3. The van der Waals surface area contributed by atoms with Crippen molar-refractivity contribution < 1.29 is 5.11 Å². The first-order valence-corrected chi connectivity index (χ1v) is 8.26. The summed E-state index contributed by atoms with van der Waals surface area (Å²) in [6.45, 7) is 10.9. The van der Waals surface area contributed by atoms with Crippen LogP contribution in [0.3, 0.4) is 0 Å². The normalized spacial score (nSPS) is 27.3. The quantitative estimate of drug-likeness (QED) is 0.829. The summed E-state index contributed by atoms with van der Waals surface area (Å²) < 4.78 is 0. The zero-order valence-corrected chi connectivity index (χ0v) is 12.9. The topological polar surface area (TPSA) is 26.7 Å². The fourth-order valence-electron chi connectivity index (χ4n) is 3.76. The van der Waals surface area contributed by atoms with Crippen LogP contribution in [-0.2, 0) is 0 Å². The summed E-state index contributed by atoms with van der Waals surface area (Å²) in [6, 6.07) is 0.726. The molecule has 0 spiro atoms. The van der Waals surface area contributed by atoms with Gasteiger partial charge in [0.15, 0.2) is 0 Å². The lowest BCUT2D eigenvalue weighted by molar-refractivity contribution is 0.0156. The Labute approximate surface area is 119 Å². The molecule has 0 amide bonds. The second-order valence-corrected chi connectivity index (χ2v) is 6.79. The van der Waals surface area contributed by atoms with Gasteiger partial charge in [0.25, 0.3) is 0 Å². The second kappa shape index (κ2) is 7.05. The predicted molar refractivity (Wildman–Crippen MR) is 80.4 cm³/mol. The van der Waals surface area contributed by atoms with Crippen molar-refractivity contribution in [2.24, 2.45) is 5.41 Å². The summed E-state index contributed by atoms with van der Waals surface area (Å²) >= 11 is 0. The highest BCUT2D eigenvalue weighted by Crippen LogP contribution is 2.36. The smallest absolute Gasteiger partial charge is 0.0499 e. The van der Waals surface area contributed by atoms with Crippen LogP contribution in [0, 0.1) is 5.41 Å². The summed E-state index contributed by atoms with van der Waals surface area (Å²) in [6.07, 6.45) is 7.70. The lowest BCUT2D eigenvalue weighted by Gasteiger charge is -2.44. The summed E-state index contributed by atoms with van der Waals surface area (Å²) in [5, 5.41) is 9.81. The molecule has 2 fully saturated rings. The third-order valence-corrected chi connectivity index (χ3v) is 5.43. The molecule has 2 aliphatic rings. The summed E-state index contributed by atoms with van der Waals surface area (Å²) in [4.78, 5) is 5.21. The molecule has 0 radical (unpaired) electrons. The summed E-state index contributed by atoms with van der Waals surface area (Å²) in [5.74, 6) is 0. The van der Waals surface area contributed by atoms with E-state index < -0.39 is 0 Å². The van der Waals surface area contributed by atoms with Crippen molar-refractivity contribution in [3.05, 3.63) is 0 Å². The first-order valence-electron chi connectivity index (χ1n) is 8.26. The van der Waals surface area contributed by atoms with E-state index in [1.165, 1.54) is 64.7 Å². The number of aliphatic hydroxyl groups excluding tert-OH is 1. The molecular weight excluding hydrogens is 236 g/mol. The van der Waals surface area contributed by atoms with Gasteiger partial charge in [-0.3, -0.25) is 4.90 Å². The van der Waals surface area contributed by atoms with Crippen molar-refractivity contribution in [2.45, 2.75) is 58.4 Å². The summed E-state index contributed by atoms with van der Waals surface area (Å²) in [7, 11) is 0. The van der Waals surface area contributed by atoms with Crippen molar-refractivity contribution in [3.63, 3.8) is 0 Å². The van der Waals surface area contributed by atoms with Gasteiger partial charge >= 0.3 is 0 Å². The van der Waals surface area contributed by atoms with Crippen LogP contribution in [0.4, 0.5) is 0 Å². The van der Waals surface area contributed by atoms with E-state index >= 15 is 0 Å². The zero-order valence-electron chi connectivity index (χ0n) is 12.9. The van der Waals surface area contributed by atoms with E-state index in [1.807, 2.05) is 0 Å². The Bertz CT molecular complexity index is 255. The fourth-order valence-corrected chi connectivity index (χ4v) is 3.76. The Morgan fingerprint density at radius 2 is 1.68 bits per heavy atom. The van der Waals surface area contributed by atoms with Crippen LogP contribution in [0.1, 0.15) is 52.4 Å². The van der Waals surface area contributed by atoms with E-state index in [9.17, 15) is 5.11 Å². The van der Waals surface area contributed by atoms with Gasteiger partial charge in [0.1, 0.15) is 0 Å². The van der Waals surface area contributed by atoms with Gasteiger partial charge in [0.05, 0.1) is 0 Å². The lowest BCUT2D eigenvalue weighted by Crippen LogP contribution is -2.52. The van der Waals surface area contributed by atoms with Crippen LogP contribution >= 0.6 is 0 Å². The van der Waals surface area contributed by atoms with Crippen molar-refractivity contribution in [1.29, 1.82) is 0 Å². The minimum Gasteiger partial charge on any atom is -0.396 e. The van der Waals surface area contributed by atoms with Crippen LogP contribution in [0.25, 0.3) is 0 Å². The van der Waals surface area contributed by atoms with Crippen molar-refractivity contribution in [1.82, 2.24) is 9.80 Å².